The molecule has 0 N–H and O–H groups in total. The van der Waals surface area contributed by atoms with E-state index in [1.807, 2.05) is 18.3 Å². The third-order valence-electron chi connectivity index (χ3n) is 3.30. The Morgan fingerprint density at radius 1 is 1.27 bits per heavy atom. The van der Waals surface area contributed by atoms with Gasteiger partial charge in [0.1, 0.15) is 0 Å². The van der Waals surface area contributed by atoms with E-state index in [9.17, 15) is 0 Å². The second-order valence-electron chi connectivity index (χ2n) is 4.29. The van der Waals surface area contributed by atoms with Crippen LogP contribution >= 0.6 is 0 Å². The van der Waals surface area contributed by atoms with Gasteiger partial charge in [0.15, 0.2) is 0 Å². The largest absolute Gasteiger partial charge is 0.255 e. The summed E-state index contributed by atoms with van der Waals surface area (Å²) in [6.45, 7) is 2.26. The van der Waals surface area contributed by atoms with Crippen molar-refractivity contribution >= 4 is 11.0 Å². The fourth-order valence-electron chi connectivity index (χ4n) is 2.24. The normalized spacial score (nSPS) is 24.3. The summed E-state index contributed by atoms with van der Waals surface area (Å²) in [7, 11) is 0. The molecular weight excluding hydrogens is 184 g/mol. The highest BCUT2D eigenvalue weighted by molar-refractivity contribution is 5.73. The van der Waals surface area contributed by atoms with Gasteiger partial charge in [0, 0.05) is 17.8 Å². The van der Waals surface area contributed by atoms with E-state index in [0.717, 1.165) is 17.0 Å². The first-order chi connectivity index (χ1) is 7.38. The van der Waals surface area contributed by atoms with E-state index in [4.69, 9.17) is 0 Å². The molecular formula is C13H14N2. The van der Waals surface area contributed by atoms with Gasteiger partial charge in [-0.3, -0.25) is 9.97 Å². The van der Waals surface area contributed by atoms with Crippen molar-refractivity contribution in [3.05, 3.63) is 36.2 Å². The zero-order valence-electron chi connectivity index (χ0n) is 8.85. The molecule has 3 rings (SSSR count). The molecule has 76 valence electrons. The Balaban J connectivity index is 2.00. The molecule has 0 bridgehead atoms. The molecule has 0 aromatic carbocycles. The molecule has 1 aliphatic rings. The average molecular weight is 198 g/mol. The van der Waals surface area contributed by atoms with Crippen LogP contribution < -0.4 is 0 Å². The molecule has 1 saturated carbocycles. The van der Waals surface area contributed by atoms with Crippen molar-refractivity contribution in [2.45, 2.75) is 25.7 Å². The minimum absolute atomic E-state index is 0.708. The lowest BCUT2D eigenvalue weighted by Gasteiger charge is -2.00. The van der Waals surface area contributed by atoms with Crippen molar-refractivity contribution in [2.24, 2.45) is 5.92 Å². The molecule has 1 aliphatic carbocycles. The molecule has 15 heavy (non-hydrogen) atoms. The van der Waals surface area contributed by atoms with E-state index >= 15 is 0 Å². The summed E-state index contributed by atoms with van der Waals surface area (Å²) in [4.78, 5) is 8.95. The Morgan fingerprint density at radius 3 is 3.00 bits per heavy atom. The van der Waals surface area contributed by atoms with Crippen molar-refractivity contribution in [2.75, 3.05) is 0 Å². The Hall–Kier alpha value is -1.44. The second-order valence-corrected chi connectivity index (χ2v) is 4.29. The van der Waals surface area contributed by atoms with Gasteiger partial charge in [-0.2, -0.15) is 0 Å². The van der Waals surface area contributed by atoms with E-state index < -0.39 is 0 Å². The summed E-state index contributed by atoms with van der Waals surface area (Å²) >= 11 is 0. The van der Waals surface area contributed by atoms with Crippen LogP contribution in [0.1, 0.15) is 31.4 Å². The first kappa shape index (κ1) is 8.84. The summed E-state index contributed by atoms with van der Waals surface area (Å²) in [6, 6.07) is 8.21. The molecule has 2 aromatic heterocycles. The van der Waals surface area contributed by atoms with Crippen LogP contribution in [-0.4, -0.2) is 9.97 Å². The Kier molecular flexibility index (Phi) is 1.94. The van der Waals surface area contributed by atoms with E-state index in [1.54, 1.807) is 0 Å². The van der Waals surface area contributed by atoms with Crippen molar-refractivity contribution in [1.29, 1.82) is 0 Å². The van der Waals surface area contributed by atoms with Crippen LogP contribution in [0.5, 0.6) is 0 Å². The highest BCUT2D eigenvalue weighted by Crippen LogP contribution is 2.48. The Bertz CT molecular complexity index is 493. The maximum absolute atomic E-state index is 4.67. The lowest BCUT2D eigenvalue weighted by Crippen LogP contribution is -1.90. The lowest BCUT2D eigenvalue weighted by molar-refractivity contribution is 0.758. The summed E-state index contributed by atoms with van der Waals surface area (Å²) in [5, 5.41) is 0. The first-order valence-electron chi connectivity index (χ1n) is 5.60. The van der Waals surface area contributed by atoms with Gasteiger partial charge in [0.05, 0.1) is 11.0 Å². The average Bonchev–Trinajstić information content (AvgIpc) is 3.08. The minimum atomic E-state index is 0.708. The zero-order valence-corrected chi connectivity index (χ0v) is 8.85. The summed E-state index contributed by atoms with van der Waals surface area (Å²) in [5.41, 5.74) is 3.27. The molecule has 2 nitrogen and oxygen atoms in total. The standard InChI is InChI=1S/C13H14N2/c1-2-9-8-10(9)11-5-6-12-13(15-11)4-3-7-14-12/h3-7,9-10H,2,8H2,1H3/t9-,10-/m0/s1. The number of fused-ring (bicyclic) bond motifs is 1. The quantitative estimate of drug-likeness (QED) is 0.740. The maximum Gasteiger partial charge on any atom is 0.0890 e. The van der Waals surface area contributed by atoms with Crippen LogP contribution in [0.3, 0.4) is 0 Å². The molecule has 0 saturated heterocycles. The van der Waals surface area contributed by atoms with Crippen LogP contribution in [0.2, 0.25) is 0 Å². The SMILES string of the molecule is CC[C@H]1C[C@@H]1c1ccc2ncccc2n1. The third-order valence-corrected chi connectivity index (χ3v) is 3.30. The van der Waals surface area contributed by atoms with Crippen molar-refractivity contribution in [3.63, 3.8) is 0 Å². The highest BCUT2D eigenvalue weighted by Gasteiger charge is 2.37. The number of nitrogens with zero attached hydrogens (tertiary/aromatic N) is 2. The molecule has 2 atom stereocenters. The number of hydrogen-bond donors (Lipinski definition) is 0. The van der Waals surface area contributed by atoms with Crippen LogP contribution in [0.4, 0.5) is 0 Å². The summed E-state index contributed by atoms with van der Waals surface area (Å²) in [6.07, 6.45) is 4.41. The van der Waals surface area contributed by atoms with Crippen molar-refractivity contribution in [1.82, 2.24) is 9.97 Å². The molecule has 2 heteroatoms. The Morgan fingerprint density at radius 2 is 2.20 bits per heavy atom. The van der Waals surface area contributed by atoms with Crippen LogP contribution in [0.15, 0.2) is 30.5 Å². The third kappa shape index (κ3) is 1.50. The van der Waals surface area contributed by atoms with E-state index in [0.29, 0.717) is 5.92 Å². The summed E-state index contributed by atoms with van der Waals surface area (Å²) in [5.74, 6) is 1.58. The molecule has 2 aromatic rings. The highest BCUT2D eigenvalue weighted by atomic mass is 14.8. The first-order valence-corrected chi connectivity index (χ1v) is 5.60. The van der Waals surface area contributed by atoms with Gasteiger partial charge in [-0.25, -0.2) is 0 Å². The van der Waals surface area contributed by atoms with Gasteiger partial charge < -0.3 is 0 Å². The van der Waals surface area contributed by atoms with E-state index in [-0.39, 0.29) is 0 Å². The minimum Gasteiger partial charge on any atom is -0.255 e. The topological polar surface area (TPSA) is 25.8 Å². The number of rotatable bonds is 2. The molecule has 1 fully saturated rings. The number of aromatic nitrogens is 2. The number of pyridine rings is 2. The monoisotopic (exact) mass is 198 g/mol. The van der Waals surface area contributed by atoms with Gasteiger partial charge in [0.2, 0.25) is 0 Å². The molecule has 0 unspecified atom stereocenters. The van der Waals surface area contributed by atoms with E-state index in [2.05, 4.69) is 29.0 Å². The van der Waals surface area contributed by atoms with Crippen molar-refractivity contribution in [3.8, 4) is 0 Å². The molecule has 0 spiro atoms. The van der Waals surface area contributed by atoms with Gasteiger partial charge >= 0.3 is 0 Å². The molecule has 0 radical (unpaired) electrons. The van der Waals surface area contributed by atoms with Crippen LogP contribution in [-0.2, 0) is 0 Å². The zero-order chi connectivity index (χ0) is 10.3. The van der Waals surface area contributed by atoms with Gasteiger partial charge in [-0.15, -0.1) is 0 Å². The van der Waals surface area contributed by atoms with Crippen LogP contribution in [0.25, 0.3) is 11.0 Å². The van der Waals surface area contributed by atoms with Gasteiger partial charge in [0.25, 0.3) is 0 Å². The van der Waals surface area contributed by atoms with Crippen molar-refractivity contribution < 1.29 is 0 Å². The fourth-order valence-corrected chi connectivity index (χ4v) is 2.24. The predicted molar refractivity (Wildman–Crippen MR) is 60.7 cm³/mol. The molecule has 0 amide bonds. The Labute approximate surface area is 89.4 Å². The van der Waals surface area contributed by atoms with Gasteiger partial charge in [-0.05, 0) is 36.6 Å². The smallest absolute Gasteiger partial charge is 0.0890 e. The molecule has 2 heterocycles. The van der Waals surface area contributed by atoms with E-state index in [1.165, 1.54) is 18.5 Å². The lowest BCUT2D eigenvalue weighted by atomic mass is 10.2. The second kappa shape index (κ2) is 3.30. The maximum atomic E-state index is 4.67. The predicted octanol–water partition coefficient (Wildman–Crippen LogP) is 3.14. The van der Waals surface area contributed by atoms with Gasteiger partial charge in [-0.1, -0.05) is 13.3 Å². The molecule has 0 aliphatic heterocycles. The number of hydrogen-bond acceptors (Lipinski definition) is 2. The fraction of sp³-hybridized carbons (Fsp3) is 0.385. The summed E-state index contributed by atoms with van der Waals surface area (Å²) < 4.78 is 0. The van der Waals surface area contributed by atoms with Crippen LogP contribution in [0, 0.1) is 5.92 Å².